The summed E-state index contributed by atoms with van der Waals surface area (Å²) in [6.07, 6.45) is 1.56. The summed E-state index contributed by atoms with van der Waals surface area (Å²) in [5.74, 6) is 0.450. The van der Waals surface area contributed by atoms with Gasteiger partial charge in [0.2, 0.25) is 5.76 Å². The van der Waals surface area contributed by atoms with Gasteiger partial charge in [0.15, 0.2) is 11.5 Å². The van der Waals surface area contributed by atoms with Crippen LogP contribution < -0.4 is 0 Å². The quantitative estimate of drug-likeness (QED) is 0.764. The predicted octanol–water partition coefficient (Wildman–Crippen LogP) is 1.56. The Labute approximate surface area is 148 Å². The number of hydrogen-bond donors (Lipinski definition) is 1. The number of nitrogens with zero attached hydrogens (tertiary/aromatic N) is 4. The molecule has 4 heterocycles. The van der Waals surface area contributed by atoms with Gasteiger partial charge in [-0.3, -0.25) is 14.7 Å². The van der Waals surface area contributed by atoms with E-state index in [-0.39, 0.29) is 17.6 Å². The van der Waals surface area contributed by atoms with Crippen molar-refractivity contribution in [3.05, 3.63) is 47.7 Å². The van der Waals surface area contributed by atoms with Gasteiger partial charge in [0.25, 0.3) is 11.8 Å². The van der Waals surface area contributed by atoms with Crippen LogP contribution in [-0.2, 0) is 0 Å². The predicted molar refractivity (Wildman–Crippen MR) is 89.3 cm³/mol. The molecule has 0 aliphatic carbocycles. The van der Waals surface area contributed by atoms with Gasteiger partial charge in [0.1, 0.15) is 5.69 Å². The third-order valence-corrected chi connectivity index (χ3v) is 4.28. The minimum absolute atomic E-state index is 0.179. The van der Waals surface area contributed by atoms with Gasteiger partial charge in [-0.25, -0.2) is 0 Å². The number of hydrogen-bond acceptors (Lipinski definition) is 6. The van der Waals surface area contributed by atoms with Crippen molar-refractivity contribution < 1.29 is 18.5 Å². The Balaban J connectivity index is 1.38. The second-order valence-electron chi connectivity index (χ2n) is 6.06. The highest BCUT2D eigenvalue weighted by atomic mass is 16.5. The van der Waals surface area contributed by atoms with Crippen LogP contribution in [0.15, 0.2) is 39.5 Å². The first-order chi connectivity index (χ1) is 12.6. The summed E-state index contributed by atoms with van der Waals surface area (Å²) in [4.78, 5) is 28.3. The van der Waals surface area contributed by atoms with E-state index in [9.17, 15) is 9.59 Å². The molecule has 0 unspecified atom stereocenters. The van der Waals surface area contributed by atoms with Gasteiger partial charge >= 0.3 is 0 Å². The zero-order valence-corrected chi connectivity index (χ0v) is 14.1. The molecule has 1 fully saturated rings. The highest BCUT2D eigenvalue weighted by Gasteiger charge is 2.28. The second-order valence-corrected chi connectivity index (χ2v) is 6.06. The maximum atomic E-state index is 12.6. The molecule has 0 aromatic carbocycles. The third kappa shape index (κ3) is 2.99. The normalized spacial score (nSPS) is 14.7. The molecular weight excluding hydrogens is 338 g/mol. The Hall–Kier alpha value is -3.36. The maximum absolute atomic E-state index is 12.6. The van der Waals surface area contributed by atoms with Crippen molar-refractivity contribution in [1.82, 2.24) is 25.2 Å². The lowest BCUT2D eigenvalue weighted by Crippen LogP contribution is -2.50. The van der Waals surface area contributed by atoms with E-state index >= 15 is 0 Å². The number of piperazine rings is 1. The van der Waals surface area contributed by atoms with Crippen LogP contribution in [0.4, 0.5) is 0 Å². The summed E-state index contributed by atoms with van der Waals surface area (Å²) < 4.78 is 10.3. The molecule has 9 heteroatoms. The molecule has 134 valence electrons. The van der Waals surface area contributed by atoms with Crippen LogP contribution in [0.1, 0.15) is 26.7 Å². The van der Waals surface area contributed by atoms with Gasteiger partial charge in [-0.05, 0) is 19.1 Å². The Morgan fingerprint density at radius 1 is 1.12 bits per heavy atom. The largest absolute Gasteiger partial charge is 0.463 e. The summed E-state index contributed by atoms with van der Waals surface area (Å²) in [6, 6.07) is 6.83. The van der Waals surface area contributed by atoms with Crippen LogP contribution >= 0.6 is 0 Å². The molecule has 0 radical (unpaired) electrons. The van der Waals surface area contributed by atoms with Crippen LogP contribution in [0, 0.1) is 6.92 Å². The fraction of sp³-hybridized carbons (Fsp3) is 0.294. The minimum atomic E-state index is -0.211. The maximum Gasteiger partial charge on any atom is 0.292 e. The van der Waals surface area contributed by atoms with E-state index in [1.165, 1.54) is 0 Å². The van der Waals surface area contributed by atoms with Crippen molar-refractivity contribution in [2.75, 3.05) is 26.2 Å². The van der Waals surface area contributed by atoms with Gasteiger partial charge in [-0.15, -0.1) is 0 Å². The zero-order chi connectivity index (χ0) is 18.1. The summed E-state index contributed by atoms with van der Waals surface area (Å²) in [5, 5.41) is 10.6. The highest BCUT2D eigenvalue weighted by molar-refractivity contribution is 5.94. The Kier molecular flexibility index (Phi) is 4.04. The first-order valence-electron chi connectivity index (χ1n) is 8.23. The fourth-order valence-electron chi connectivity index (χ4n) is 2.88. The molecule has 9 nitrogen and oxygen atoms in total. The summed E-state index contributed by atoms with van der Waals surface area (Å²) in [5.41, 5.74) is 1.63. The summed E-state index contributed by atoms with van der Waals surface area (Å²) in [7, 11) is 0. The molecule has 2 amide bonds. The number of carbonyl (C=O) groups is 2. The zero-order valence-electron chi connectivity index (χ0n) is 14.1. The number of nitrogens with one attached hydrogen (secondary N) is 1. The van der Waals surface area contributed by atoms with Crippen molar-refractivity contribution in [3.8, 4) is 11.5 Å². The molecular formula is C17H17N5O4. The van der Waals surface area contributed by atoms with Crippen LogP contribution in [0.2, 0.25) is 0 Å². The van der Waals surface area contributed by atoms with Crippen LogP contribution in [0.25, 0.3) is 11.5 Å². The molecule has 26 heavy (non-hydrogen) atoms. The molecule has 0 spiro atoms. The Morgan fingerprint density at radius 2 is 1.85 bits per heavy atom. The molecule has 1 aliphatic rings. The number of furan rings is 1. The van der Waals surface area contributed by atoms with E-state index in [2.05, 4.69) is 15.4 Å². The van der Waals surface area contributed by atoms with Crippen LogP contribution in [0.3, 0.4) is 0 Å². The number of rotatable bonds is 3. The van der Waals surface area contributed by atoms with Crippen molar-refractivity contribution in [1.29, 1.82) is 0 Å². The van der Waals surface area contributed by atoms with E-state index in [1.807, 2.05) is 0 Å². The average Bonchev–Trinajstić information content (AvgIpc) is 3.41. The molecule has 0 bridgehead atoms. The third-order valence-electron chi connectivity index (χ3n) is 4.28. The van der Waals surface area contributed by atoms with E-state index in [4.69, 9.17) is 8.94 Å². The molecule has 0 atom stereocenters. The van der Waals surface area contributed by atoms with E-state index in [0.29, 0.717) is 49.0 Å². The monoisotopic (exact) mass is 355 g/mol. The van der Waals surface area contributed by atoms with Crippen LogP contribution in [0.5, 0.6) is 0 Å². The fourth-order valence-corrected chi connectivity index (χ4v) is 2.88. The SMILES string of the molecule is Cc1cc(C(=O)N2CCN(C(=O)c3cc(-c4ccco4)[nH]n3)CC2)on1. The van der Waals surface area contributed by atoms with Crippen molar-refractivity contribution >= 4 is 11.8 Å². The summed E-state index contributed by atoms with van der Waals surface area (Å²) >= 11 is 0. The molecule has 3 aromatic rings. The van der Waals surface area contributed by atoms with Crippen LogP contribution in [-0.4, -0.2) is 63.1 Å². The second kappa shape index (κ2) is 6.51. The number of H-pyrrole nitrogens is 1. The highest BCUT2D eigenvalue weighted by Crippen LogP contribution is 2.19. The van der Waals surface area contributed by atoms with Gasteiger partial charge in [-0.1, -0.05) is 5.16 Å². The first kappa shape index (κ1) is 16.1. The van der Waals surface area contributed by atoms with Gasteiger partial charge < -0.3 is 18.7 Å². The van der Waals surface area contributed by atoms with Crippen molar-refractivity contribution in [2.24, 2.45) is 0 Å². The van der Waals surface area contributed by atoms with E-state index in [1.54, 1.807) is 47.3 Å². The number of amides is 2. The number of aromatic amines is 1. The van der Waals surface area contributed by atoms with Gasteiger partial charge in [0, 0.05) is 38.3 Å². The van der Waals surface area contributed by atoms with Crippen molar-refractivity contribution in [3.63, 3.8) is 0 Å². The molecule has 1 aliphatic heterocycles. The molecule has 4 rings (SSSR count). The lowest BCUT2D eigenvalue weighted by molar-refractivity contribution is 0.0510. The topological polar surface area (TPSA) is 108 Å². The first-order valence-corrected chi connectivity index (χ1v) is 8.23. The number of aromatic nitrogens is 3. The molecule has 0 saturated carbocycles. The van der Waals surface area contributed by atoms with Crippen molar-refractivity contribution in [2.45, 2.75) is 6.92 Å². The van der Waals surface area contributed by atoms with E-state index < -0.39 is 0 Å². The smallest absolute Gasteiger partial charge is 0.292 e. The number of aryl methyl sites for hydroxylation is 1. The van der Waals surface area contributed by atoms with Gasteiger partial charge in [-0.2, -0.15) is 5.10 Å². The average molecular weight is 355 g/mol. The standard InChI is InChI=1S/C17H17N5O4/c1-11-9-15(26-20-11)17(24)22-6-4-21(5-7-22)16(23)13-10-12(18-19-13)14-3-2-8-25-14/h2-3,8-10H,4-7H2,1H3,(H,18,19). The molecule has 1 N–H and O–H groups in total. The molecule has 3 aromatic heterocycles. The summed E-state index contributed by atoms with van der Waals surface area (Å²) in [6.45, 7) is 3.48. The Bertz CT molecular complexity index is 919. The lowest BCUT2D eigenvalue weighted by Gasteiger charge is -2.33. The molecule has 1 saturated heterocycles. The number of carbonyl (C=O) groups excluding carboxylic acids is 2. The lowest BCUT2D eigenvalue weighted by atomic mass is 10.2. The van der Waals surface area contributed by atoms with Gasteiger partial charge in [0.05, 0.1) is 12.0 Å². The minimum Gasteiger partial charge on any atom is -0.463 e. The Morgan fingerprint density at radius 3 is 2.46 bits per heavy atom. The van der Waals surface area contributed by atoms with E-state index in [0.717, 1.165) is 0 Å².